The van der Waals surface area contributed by atoms with Gasteiger partial charge in [-0.3, -0.25) is 9.69 Å². The van der Waals surface area contributed by atoms with Crippen molar-refractivity contribution < 1.29 is 4.79 Å². The Bertz CT molecular complexity index is 729. The maximum Gasteiger partial charge on any atom is 0.221 e. The fourth-order valence-electron chi connectivity index (χ4n) is 3.30. The van der Waals surface area contributed by atoms with E-state index in [0.29, 0.717) is 13.0 Å². The van der Waals surface area contributed by atoms with Crippen LogP contribution in [-0.4, -0.2) is 29.6 Å². The molecule has 0 radical (unpaired) electrons. The lowest BCUT2D eigenvalue weighted by molar-refractivity contribution is -0.120. The molecule has 1 amide bonds. The molecule has 0 atom stereocenters. The Balaban J connectivity index is 1.39. The van der Waals surface area contributed by atoms with Crippen LogP contribution in [-0.2, 0) is 17.9 Å². The summed E-state index contributed by atoms with van der Waals surface area (Å²) in [6, 6.07) is 16.3. The van der Waals surface area contributed by atoms with Gasteiger partial charge in [0.15, 0.2) is 0 Å². The minimum atomic E-state index is 0.0953. The van der Waals surface area contributed by atoms with Crippen molar-refractivity contribution in [2.45, 2.75) is 43.7 Å². The van der Waals surface area contributed by atoms with E-state index in [-0.39, 0.29) is 5.91 Å². The first-order chi connectivity index (χ1) is 13.2. The molecule has 1 saturated heterocycles. The number of carbonyl (C=O) groups is 1. The highest BCUT2D eigenvalue weighted by atomic mass is 35.5. The summed E-state index contributed by atoms with van der Waals surface area (Å²) in [5.41, 5.74) is 2.50. The molecule has 0 saturated carbocycles. The van der Waals surface area contributed by atoms with Crippen LogP contribution in [0.1, 0.15) is 36.8 Å². The van der Waals surface area contributed by atoms with Gasteiger partial charge < -0.3 is 5.32 Å². The lowest BCUT2D eigenvalue weighted by Crippen LogP contribution is -2.29. The van der Waals surface area contributed by atoms with Crippen LogP contribution in [0.5, 0.6) is 0 Å². The number of rotatable bonds is 8. The molecule has 2 aromatic rings. The highest BCUT2D eigenvalue weighted by molar-refractivity contribution is 7.99. The molecule has 1 fully saturated rings. The molecule has 0 aliphatic carbocycles. The third-order valence-corrected chi connectivity index (χ3v) is 6.01. The zero-order chi connectivity index (χ0) is 18.9. The van der Waals surface area contributed by atoms with Crippen molar-refractivity contribution in [2.24, 2.45) is 0 Å². The number of halogens is 1. The fourth-order valence-corrected chi connectivity index (χ4v) is 4.27. The molecule has 27 heavy (non-hydrogen) atoms. The summed E-state index contributed by atoms with van der Waals surface area (Å²) in [6.07, 6.45) is 4.49. The Morgan fingerprint density at radius 2 is 1.78 bits per heavy atom. The number of benzene rings is 2. The number of hydrogen-bond acceptors (Lipinski definition) is 3. The predicted octanol–water partition coefficient (Wildman–Crippen LogP) is 5.12. The Hall–Kier alpha value is -1.49. The largest absolute Gasteiger partial charge is 0.352 e. The molecule has 0 spiro atoms. The van der Waals surface area contributed by atoms with Gasteiger partial charge in [-0.2, -0.15) is 0 Å². The van der Waals surface area contributed by atoms with Gasteiger partial charge in [0.1, 0.15) is 0 Å². The maximum absolute atomic E-state index is 12.1. The number of nitrogens with one attached hydrogen (secondary N) is 1. The molecule has 3 rings (SSSR count). The van der Waals surface area contributed by atoms with E-state index < -0.39 is 0 Å². The monoisotopic (exact) mass is 402 g/mol. The molecule has 1 N–H and O–H groups in total. The molecule has 144 valence electrons. The lowest BCUT2D eigenvalue weighted by atomic mass is 10.1. The lowest BCUT2D eigenvalue weighted by Gasteiger charge is -2.26. The Morgan fingerprint density at radius 3 is 2.56 bits per heavy atom. The second-order valence-electron chi connectivity index (χ2n) is 6.99. The molecule has 0 bridgehead atoms. The van der Waals surface area contributed by atoms with Gasteiger partial charge in [-0.25, -0.2) is 0 Å². The van der Waals surface area contributed by atoms with Gasteiger partial charge in [-0.1, -0.05) is 42.3 Å². The van der Waals surface area contributed by atoms with Crippen molar-refractivity contribution in [1.29, 1.82) is 0 Å². The van der Waals surface area contributed by atoms with Crippen molar-refractivity contribution in [2.75, 3.05) is 18.8 Å². The Kier molecular flexibility index (Phi) is 8.06. The van der Waals surface area contributed by atoms with Crippen molar-refractivity contribution in [1.82, 2.24) is 10.2 Å². The van der Waals surface area contributed by atoms with Crippen LogP contribution < -0.4 is 5.32 Å². The highest BCUT2D eigenvalue weighted by Gasteiger charge is 2.10. The van der Waals surface area contributed by atoms with Crippen LogP contribution in [0.3, 0.4) is 0 Å². The van der Waals surface area contributed by atoms with E-state index in [1.54, 1.807) is 11.8 Å². The molecule has 2 aromatic carbocycles. The average molecular weight is 403 g/mol. The van der Waals surface area contributed by atoms with Crippen molar-refractivity contribution in [3.8, 4) is 0 Å². The SMILES string of the molecule is O=C(CCSc1ccc(Cl)cc1)NCc1cccc(CN2CCCCC2)c1. The molecule has 1 aliphatic rings. The topological polar surface area (TPSA) is 32.3 Å². The van der Waals surface area contributed by atoms with Crippen LogP contribution in [0.25, 0.3) is 0 Å². The van der Waals surface area contributed by atoms with Crippen LogP contribution in [0, 0.1) is 0 Å². The molecular formula is C22H27ClN2OS. The number of carbonyl (C=O) groups excluding carboxylic acids is 1. The van der Waals surface area contributed by atoms with Gasteiger partial charge >= 0.3 is 0 Å². The van der Waals surface area contributed by atoms with Crippen molar-refractivity contribution >= 4 is 29.3 Å². The van der Waals surface area contributed by atoms with E-state index in [0.717, 1.165) is 22.2 Å². The number of thioether (sulfide) groups is 1. The Labute approximate surface area is 171 Å². The molecule has 1 heterocycles. The summed E-state index contributed by atoms with van der Waals surface area (Å²) >= 11 is 7.56. The number of hydrogen-bond donors (Lipinski definition) is 1. The van der Waals surface area contributed by atoms with Gasteiger partial charge in [-0.15, -0.1) is 11.8 Å². The Morgan fingerprint density at radius 1 is 1.04 bits per heavy atom. The van der Waals surface area contributed by atoms with Crippen molar-refractivity contribution in [3.05, 3.63) is 64.7 Å². The zero-order valence-electron chi connectivity index (χ0n) is 15.6. The van der Waals surface area contributed by atoms with Crippen LogP contribution in [0.2, 0.25) is 5.02 Å². The van der Waals surface area contributed by atoms with Crippen LogP contribution in [0.4, 0.5) is 0 Å². The number of nitrogens with zero attached hydrogens (tertiary/aromatic N) is 1. The molecule has 5 heteroatoms. The van der Waals surface area contributed by atoms with Gasteiger partial charge in [0.05, 0.1) is 0 Å². The molecule has 3 nitrogen and oxygen atoms in total. The van der Waals surface area contributed by atoms with E-state index in [4.69, 9.17) is 11.6 Å². The number of likely N-dealkylation sites (tertiary alicyclic amines) is 1. The van der Waals surface area contributed by atoms with Crippen LogP contribution in [0.15, 0.2) is 53.4 Å². The summed E-state index contributed by atoms with van der Waals surface area (Å²) in [7, 11) is 0. The normalized spacial score (nSPS) is 14.9. The number of amides is 1. The summed E-state index contributed by atoms with van der Waals surface area (Å²) in [6.45, 7) is 4.01. The maximum atomic E-state index is 12.1. The van der Waals surface area contributed by atoms with E-state index in [2.05, 4.69) is 34.5 Å². The number of piperidine rings is 1. The summed E-state index contributed by atoms with van der Waals surface area (Å²) in [4.78, 5) is 15.8. The minimum absolute atomic E-state index is 0.0953. The van der Waals surface area contributed by atoms with Gasteiger partial charge in [0.2, 0.25) is 5.91 Å². The molecule has 1 aliphatic heterocycles. The quantitative estimate of drug-likeness (QED) is 0.621. The standard InChI is InChI=1S/C22H27ClN2OS/c23-20-7-9-21(10-8-20)27-14-11-22(26)24-16-18-5-4-6-19(15-18)17-25-12-2-1-3-13-25/h4-10,15H,1-3,11-14,16-17H2,(H,24,26). The van der Waals surface area contributed by atoms with Gasteiger partial charge in [-0.05, 0) is 61.3 Å². The van der Waals surface area contributed by atoms with E-state index in [9.17, 15) is 4.79 Å². The zero-order valence-corrected chi connectivity index (χ0v) is 17.2. The second-order valence-corrected chi connectivity index (χ2v) is 8.59. The van der Waals surface area contributed by atoms with E-state index >= 15 is 0 Å². The first kappa shape index (κ1) is 20.2. The molecular weight excluding hydrogens is 376 g/mol. The average Bonchev–Trinajstić information content (AvgIpc) is 2.69. The smallest absolute Gasteiger partial charge is 0.221 e. The van der Waals surface area contributed by atoms with E-state index in [1.165, 1.54) is 43.5 Å². The summed E-state index contributed by atoms with van der Waals surface area (Å²) in [5, 5.41) is 3.77. The molecule has 0 aromatic heterocycles. The van der Waals surface area contributed by atoms with Gasteiger partial charge in [0, 0.05) is 35.2 Å². The predicted molar refractivity (Wildman–Crippen MR) is 114 cm³/mol. The third-order valence-electron chi connectivity index (χ3n) is 4.75. The highest BCUT2D eigenvalue weighted by Crippen LogP contribution is 2.21. The summed E-state index contributed by atoms with van der Waals surface area (Å²) in [5.74, 6) is 0.862. The minimum Gasteiger partial charge on any atom is -0.352 e. The first-order valence-electron chi connectivity index (χ1n) is 9.64. The summed E-state index contributed by atoms with van der Waals surface area (Å²) < 4.78 is 0. The fraction of sp³-hybridized carbons (Fsp3) is 0.409. The van der Waals surface area contributed by atoms with E-state index in [1.807, 2.05) is 24.3 Å². The second kappa shape index (κ2) is 10.7. The molecule has 0 unspecified atom stereocenters. The van der Waals surface area contributed by atoms with Gasteiger partial charge in [0.25, 0.3) is 0 Å². The first-order valence-corrected chi connectivity index (χ1v) is 11.0. The van der Waals surface area contributed by atoms with Crippen LogP contribution >= 0.6 is 23.4 Å². The third kappa shape index (κ3) is 7.21. The van der Waals surface area contributed by atoms with Crippen molar-refractivity contribution in [3.63, 3.8) is 0 Å².